The number of aromatic nitrogens is 1. The van der Waals surface area contributed by atoms with Gasteiger partial charge in [-0.05, 0) is 30.7 Å². The number of hydrogen-bond acceptors (Lipinski definition) is 4. The van der Waals surface area contributed by atoms with Gasteiger partial charge in [-0.15, -0.1) is 0 Å². The number of nitrogens with one attached hydrogen (secondary N) is 1. The van der Waals surface area contributed by atoms with Crippen molar-refractivity contribution in [2.24, 2.45) is 0 Å². The third kappa shape index (κ3) is 2.08. The highest BCUT2D eigenvalue weighted by Gasteiger charge is 2.32. The molecule has 0 radical (unpaired) electrons. The van der Waals surface area contributed by atoms with Crippen LogP contribution < -0.4 is 0 Å². The fourth-order valence-corrected chi connectivity index (χ4v) is 3.41. The van der Waals surface area contributed by atoms with Gasteiger partial charge >= 0.3 is 5.97 Å². The molecule has 1 aromatic carbocycles. The van der Waals surface area contributed by atoms with Gasteiger partial charge in [0.1, 0.15) is 5.76 Å². The van der Waals surface area contributed by atoms with E-state index in [0.29, 0.717) is 29.4 Å². The van der Waals surface area contributed by atoms with Gasteiger partial charge in [-0.2, -0.15) is 0 Å². The average Bonchev–Trinajstić information content (AvgIpc) is 3.20. The summed E-state index contributed by atoms with van der Waals surface area (Å²) in [7, 11) is 1.34. The topological polar surface area (TPSA) is 72.3 Å². The summed E-state index contributed by atoms with van der Waals surface area (Å²) in [6.45, 7) is 0. The quantitative estimate of drug-likeness (QED) is 0.736. The van der Waals surface area contributed by atoms with Crippen molar-refractivity contribution in [1.29, 1.82) is 0 Å². The van der Waals surface area contributed by atoms with Crippen LogP contribution >= 0.6 is 0 Å². The Bertz CT molecular complexity index is 905. The molecule has 116 valence electrons. The highest BCUT2D eigenvalue weighted by atomic mass is 16.5. The highest BCUT2D eigenvalue weighted by molar-refractivity contribution is 6.16. The highest BCUT2D eigenvalue weighted by Crippen LogP contribution is 2.37. The molecule has 1 aliphatic carbocycles. The number of hydrogen-bond donors (Lipinski definition) is 1. The first-order valence-electron chi connectivity index (χ1n) is 7.47. The molecule has 0 spiro atoms. The molecule has 0 saturated heterocycles. The summed E-state index contributed by atoms with van der Waals surface area (Å²) in [5.74, 6) is 0.434. The Morgan fingerprint density at radius 1 is 1.26 bits per heavy atom. The van der Waals surface area contributed by atoms with E-state index in [1.165, 1.54) is 7.11 Å². The Morgan fingerprint density at radius 3 is 2.87 bits per heavy atom. The number of aromatic amines is 1. The first kappa shape index (κ1) is 13.8. The van der Waals surface area contributed by atoms with Crippen LogP contribution in [0.15, 0.2) is 41.0 Å². The number of ketones is 1. The molecule has 0 fully saturated rings. The van der Waals surface area contributed by atoms with E-state index in [0.717, 1.165) is 17.0 Å². The first-order chi connectivity index (χ1) is 11.2. The number of H-pyrrole nitrogens is 1. The summed E-state index contributed by atoms with van der Waals surface area (Å²) < 4.78 is 10.3. The molecule has 1 atom stereocenters. The third-order valence-electron chi connectivity index (χ3n) is 4.41. The van der Waals surface area contributed by atoms with Gasteiger partial charge in [-0.25, -0.2) is 4.79 Å². The lowest BCUT2D eigenvalue weighted by atomic mass is 9.84. The predicted molar refractivity (Wildman–Crippen MR) is 83.7 cm³/mol. The average molecular weight is 309 g/mol. The van der Waals surface area contributed by atoms with Crippen molar-refractivity contribution in [2.75, 3.05) is 7.11 Å². The number of esters is 1. The van der Waals surface area contributed by atoms with Crippen molar-refractivity contribution >= 4 is 22.7 Å². The largest absolute Gasteiger partial charge is 0.469 e. The van der Waals surface area contributed by atoms with Gasteiger partial charge in [0.2, 0.25) is 0 Å². The minimum absolute atomic E-state index is 0.0234. The standard InChI is InChI=1S/C18H15NO4/c1-22-18(21)11-4-2-5-12-16(11)17-13(19-12)8-10(9-14(17)20)15-6-3-7-23-15/h2-7,10,19H,8-9H2,1H3. The summed E-state index contributed by atoms with van der Waals surface area (Å²) in [6.07, 6.45) is 2.68. The number of Topliss-reactive ketones (excluding diaryl/α,β-unsaturated/α-hetero) is 1. The second-order valence-electron chi connectivity index (χ2n) is 5.74. The molecule has 0 aliphatic heterocycles. The van der Waals surface area contributed by atoms with Gasteiger partial charge in [0.25, 0.3) is 0 Å². The second kappa shape index (κ2) is 5.12. The lowest BCUT2D eigenvalue weighted by Crippen LogP contribution is -2.18. The Hall–Kier alpha value is -2.82. The summed E-state index contributed by atoms with van der Waals surface area (Å²) in [5.41, 5.74) is 2.68. The summed E-state index contributed by atoms with van der Waals surface area (Å²) >= 11 is 0. The number of rotatable bonds is 2. The van der Waals surface area contributed by atoms with Crippen molar-refractivity contribution in [3.05, 3.63) is 59.2 Å². The summed E-state index contributed by atoms with van der Waals surface area (Å²) in [6, 6.07) is 9.07. The van der Waals surface area contributed by atoms with Crippen molar-refractivity contribution in [1.82, 2.24) is 4.98 Å². The first-order valence-corrected chi connectivity index (χ1v) is 7.47. The molecule has 1 N–H and O–H groups in total. The maximum atomic E-state index is 12.7. The Morgan fingerprint density at radius 2 is 2.13 bits per heavy atom. The third-order valence-corrected chi connectivity index (χ3v) is 4.41. The normalized spacial score (nSPS) is 17.3. The van der Waals surface area contributed by atoms with Gasteiger partial charge in [0.15, 0.2) is 5.78 Å². The van der Waals surface area contributed by atoms with Crippen LogP contribution in [0.4, 0.5) is 0 Å². The number of benzene rings is 1. The molecule has 5 nitrogen and oxygen atoms in total. The summed E-state index contributed by atoms with van der Waals surface area (Å²) in [5, 5.41) is 0.664. The van der Waals surface area contributed by atoms with Crippen LogP contribution in [0.2, 0.25) is 0 Å². The number of carbonyl (C=O) groups is 2. The smallest absolute Gasteiger partial charge is 0.338 e. The van der Waals surface area contributed by atoms with Crippen molar-refractivity contribution in [3.8, 4) is 0 Å². The van der Waals surface area contributed by atoms with Crippen molar-refractivity contribution in [3.63, 3.8) is 0 Å². The second-order valence-corrected chi connectivity index (χ2v) is 5.74. The van der Waals surface area contributed by atoms with Crippen LogP contribution in [0.1, 0.15) is 44.5 Å². The fourth-order valence-electron chi connectivity index (χ4n) is 3.41. The molecule has 0 bridgehead atoms. The number of methoxy groups -OCH3 is 1. The van der Waals surface area contributed by atoms with Crippen LogP contribution in [0, 0.1) is 0 Å². The van der Waals surface area contributed by atoms with Crippen LogP contribution in [0.3, 0.4) is 0 Å². The molecule has 0 amide bonds. The van der Waals surface area contributed by atoms with Crippen LogP contribution in [0.5, 0.6) is 0 Å². The van der Waals surface area contributed by atoms with Gasteiger partial charge in [0, 0.05) is 34.5 Å². The zero-order chi connectivity index (χ0) is 16.0. The molecule has 4 rings (SSSR count). The maximum absolute atomic E-state index is 12.7. The van der Waals surface area contributed by atoms with Gasteiger partial charge < -0.3 is 14.1 Å². The lowest BCUT2D eigenvalue weighted by molar-refractivity contribution is 0.0603. The molecular formula is C18H15NO4. The minimum atomic E-state index is -0.432. The van der Waals surface area contributed by atoms with E-state index in [1.54, 1.807) is 18.4 Å². The van der Waals surface area contributed by atoms with Crippen molar-refractivity contribution in [2.45, 2.75) is 18.8 Å². The maximum Gasteiger partial charge on any atom is 0.338 e. The fraction of sp³-hybridized carbons (Fsp3) is 0.222. The minimum Gasteiger partial charge on any atom is -0.469 e. The van der Waals surface area contributed by atoms with Gasteiger partial charge in [0.05, 0.1) is 18.9 Å². The molecular weight excluding hydrogens is 294 g/mol. The number of ether oxygens (including phenoxy) is 1. The zero-order valence-corrected chi connectivity index (χ0v) is 12.6. The van der Waals surface area contributed by atoms with E-state index < -0.39 is 5.97 Å². The van der Waals surface area contributed by atoms with E-state index in [1.807, 2.05) is 18.2 Å². The number of fused-ring (bicyclic) bond motifs is 3. The monoisotopic (exact) mass is 309 g/mol. The zero-order valence-electron chi connectivity index (χ0n) is 12.6. The predicted octanol–water partition coefficient (Wildman–Crippen LogP) is 3.46. The van der Waals surface area contributed by atoms with Gasteiger partial charge in [-0.3, -0.25) is 4.79 Å². The molecule has 5 heteroatoms. The summed E-state index contributed by atoms with van der Waals surface area (Å²) in [4.78, 5) is 28.0. The Balaban J connectivity index is 1.87. The van der Waals surface area contributed by atoms with E-state index >= 15 is 0 Å². The van der Waals surface area contributed by atoms with E-state index in [-0.39, 0.29) is 11.7 Å². The van der Waals surface area contributed by atoms with Gasteiger partial charge in [-0.1, -0.05) is 6.07 Å². The van der Waals surface area contributed by atoms with E-state index in [9.17, 15) is 9.59 Å². The SMILES string of the molecule is COC(=O)c1cccc2[nH]c3c(c12)C(=O)CC(c1ccco1)C3. The molecule has 2 aromatic heterocycles. The Labute approximate surface area is 132 Å². The molecule has 2 heterocycles. The van der Waals surface area contributed by atoms with Crippen LogP contribution in [0.25, 0.3) is 10.9 Å². The lowest BCUT2D eigenvalue weighted by Gasteiger charge is -2.19. The molecule has 1 aliphatic rings. The number of furan rings is 1. The van der Waals surface area contributed by atoms with Crippen molar-refractivity contribution < 1.29 is 18.7 Å². The molecule has 3 aromatic rings. The van der Waals surface area contributed by atoms with E-state index in [4.69, 9.17) is 9.15 Å². The van der Waals surface area contributed by atoms with Crippen LogP contribution in [-0.4, -0.2) is 23.8 Å². The molecule has 1 unspecified atom stereocenters. The van der Waals surface area contributed by atoms with E-state index in [2.05, 4.69) is 4.98 Å². The molecule has 0 saturated carbocycles. The van der Waals surface area contributed by atoms with Crippen LogP contribution in [-0.2, 0) is 11.2 Å². The number of carbonyl (C=O) groups excluding carboxylic acids is 2. The molecule has 23 heavy (non-hydrogen) atoms. The Kier molecular flexibility index (Phi) is 3.08.